The van der Waals surface area contributed by atoms with Gasteiger partial charge in [-0.1, -0.05) is 15.9 Å². The van der Waals surface area contributed by atoms with Crippen molar-refractivity contribution in [3.8, 4) is 0 Å². The van der Waals surface area contributed by atoms with Gasteiger partial charge in [-0.2, -0.15) is 0 Å². The van der Waals surface area contributed by atoms with Gasteiger partial charge in [-0.15, -0.1) is 0 Å². The standard InChI is InChI=1S/C9H7BrFNO3/c1-5-2-6(9(13)4-10)7(11)3-8(5)12(14)15/h2-3H,4H2,1H3. The van der Waals surface area contributed by atoms with Gasteiger partial charge < -0.3 is 0 Å². The SMILES string of the molecule is Cc1cc(C(=O)CBr)c(F)cc1[N+](=O)[O-]. The third kappa shape index (κ3) is 2.38. The van der Waals surface area contributed by atoms with E-state index in [1.807, 2.05) is 0 Å². The van der Waals surface area contributed by atoms with E-state index in [0.29, 0.717) is 0 Å². The van der Waals surface area contributed by atoms with Gasteiger partial charge in [0, 0.05) is 5.56 Å². The summed E-state index contributed by atoms with van der Waals surface area (Å²) in [5.74, 6) is -1.30. The van der Waals surface area contributed by atoms with E-state index in [1.54, 1.807) is 0 Å². The van der Waals surface area contributed by atoms with Crippen molar-refractivity contribution < 1.29 is 14.1 Å². The molecule has 0 heterocycles. The molecule has 0 N–H and O–H groups in total. The summed E-state index contributed by atoms with van der Waals surface area (Å²) in [6, 6.07) is 1.96. The number of nitrogens with zero attached hydrogens (tertiary/aromatic N) is 1. The number of aryl methyl sites for hydroxylation is 1. The third-order valence-corrected chi connectivity index (χ3v) is 2.41. The number of rotatable bonds is 3. The lowest BCUT2D eigenvalue weighted by Crippen LogP contribution is -2.05. The van der Waals surface area contributed by atoms with E-state index in [2.05, 4.69) is 15.9 Å². The molecule has 0 aliphatic rings. The van der Waals surface area contributed by atoms with Gasteiger partial charge in [0.1, 0.15) is 5.82 Å². The highest BCUT2D eigenvalue weighted by molar-refractivity contribution is 9.09. The zero-order valence-corrected chi connectivity index (χ0v) is 9.38. The van der Waals surface area contributed by atoms with Gasteiger partial charge in [0.05, 0.1) is 21.9 Å². The number of benzene rings is 1. The number of nitro groups is 1. The number of Topliss-reactive ketones (excluding diaryl/α,β-unsaturated/α-hetero) is 1. The lowest BCUT2D eigenvalue weighted by Gasteiger charge is -2.02. The zero-order valence-electron chi connectivity index (χ0n) is 7.79. The lowest BCUT2D eigenvalue weighted by atomic mass is 10.1. The van der Waals surface area contributed by atoms with E-state index in [0.717, 1.165) is 6.07 Å². The molecule has 80 valence electrons. The maximum absolute atomic E-state index is 13.3. The molecule has 0 radical (unpaired) electrons. The molecule has 4 nitrogen and oxygen atoms in total. The fourth-order valence-electron chi connectivity index (χ4n) is 1.15. The molecule has 6 heteroatoms. The molecule has 0 bridgehead atoms. The molecule has 1 aromatic carbocycles. The van der Waals surface area contributed by atoms with E-state index >= 15 is 0 Å². The number of carbonyl (C=O) groups excluding carboxylic acids is 1. The molecule has 0 saturated heterocycles. The summed E-state index contributed by atoms with van der Waals surface area (Å²) in [5.41, 5.74) is -0.181. The van der Waals surface area contributed by atoms with Crippen LogP contribution in [-0.2, 0) is 0 Å². The fraction of sp³-hybridized carbons (Fsp3) is 0.222. The molecule has 1 rings (SSSR count). The molecule has 0 unspecified atom stereocenters. The minimum atomic E-state index is -0.864. The van der Waals surface area contributed by atoms with Gasteiger partial charge in [0.15, 0.2) is 5.78 Å². The maximum atomic E-state index is 13.3. The number of hydrogen-bond acceptors (Lipinski definition) is 3. The molecule has 15 heavy (non-hydrogen) atoms. The first-order valence-corrected chi connectivity index (χ1v) is 5.13. The number of halogens is 2. The van der Waals surface area contributed by atoms with Crippen molar-refractivity contribution in [2.45, 2.75) is 6.92 Å². The number of hydrogen-bond donors (Lipinski definition) is 0. The molecule has 0 spiro atoms. The first kappa shape index (κ1) is 11.8. The van der Waals surface area contributed by atoms with Gasteiger partial charge in [-0.05, 0) is 13.0 Å². The van der Waals surface area contributed by atoms with Gasteiger partial charge in [-0.3, -0.25) is 14.9 Å². The van der Waals surface area contributed by atoms with Crippen LogP contribution in [0.25, 0.3) is 0 Å². The van der Waals surface area contributed by atoms with Crippen LogP contribution in [0.4, 0.5) is 10.1 Å². The Morgan fingerprint density at radius 2 is 2.20 bits per heavy atom. The van der Waals surface area contributed by atoms with Gasteiger partial charge in [-0.25, -0.2) is 4.39 Å². The topological polar surface area (TPSA) is 60.2 Å². The van der Waals surface area contributed by atoms with Crippen LogP contribution in [0.1, 0.15) is 15.9 Å². The summed E-state index contributed by atoms with van der Waals surface area (Å²) in [6.07, 6.45) is 0. The first-order chi connectivity index (χ1) is 6.97. The Morgan fingerprint density at radius 1 is 1.60 bits per heavy atom. The minimum Gasteiger partial charge on any atom is -0.293 e. The Morgan fingerprint density at radius 3 is 2.67 bits per heavy atom. The summed E-state index contributed by atoms with van der Waals surface area (Å²) < 4.78 is 13.3. The molecular weight excluding hydrogens is 269 g/mol. The molecular formula is C9H7BrFNO3. The monoisotopic (exact) mass is 275 g/mol. The Labute approximate surface area is 93.4 Å². The second-order valence-corrected chi connectivity index (χ2v) is 3.49. The Bertz CT molecular complexity index is 434. The summed E-state index contributed by atoms with van der Waals surface area (Å²) in [6.45, 7) is 1.46. The summed E-state index contributed by atoms with van der Waals surface area (Å²) in [4.78, 5) is 21.0. The van der Waals surface area contributed by atoms with Crippen molar-refractivity contribution in [2.75, 3.05) is 5.33 Å². The summed E-state index contributed by atoms with van der Waals surface area (Å²) >= 11 is 2.91. The predicted octanol–water partition coefficient (Wildman–Crippen LogP) is 2.62. The molecule has 0 atom stereocenters. The lowest BCUT2D eigenvalue weighted by molar-refractivity contribution is -0.385. The molecule has 0 saturated carbocycles. The van der Waals surface area contributed by atoms with Crippen LogP contribution in [0.2, 0.25) is 0 Å². The summed E-state index contributed by atoms with van der Waals surface area (Å²) in [5, 5.41) is 10.5. The van der Waals surface area contributed by atoms with E-state index in [9.17, 15) is 19.3 Å². The fourth-order valence-corrected chi connectivity index (χ4v) is 1.46. The van der Waals surface area contributed by atoms with Crippen LogP contribution in [0, 0.1) is 22.9 Å². The summed E-state index contributed by atoms with van der Waals surface area (Å²) in [7, 11) is 0. The number of alkyl halides is 1. The molecule has 0 aromatic heterocycles. The van der Waals surface area contributed by atoms with Crippen LogP contribution in [0.3, 0.4) is 0 Å². The number of nitro benzene ring substituents is 1. The van der Waals surface area contributed by atoms with Crippen LogP contribution >= 0.6 is 15.9 Å². The molecule has 1 aromatic rings. The van der Waals surface area contributed by atoms with Crippen LogP contribution in [0.15, 0.2) is 12.1 Å². The Balaban J connectivity index is 3.31. The van der Waals surface area contributed by atoms with Crippen molar-refractivity contribution >= 4 is 27.4 Å². The van der Waals surface area contributed by atoms with Gasteiger partial charge in [0.2, 0.25) is 0 Å². The quantitative estimate of drug-likeness (QED) is 0.369. The van der Waals surface area contributed by atoms with Crippen LogP contribution in [0.5, 0.6) is 0 Å². The highest BCUT2D eigenvalue weighted by Crippen LogP contribution is 2.22. The highest BCUT2D eigenvalue weighted by atomic mass is 79.9. The van der Waals surface area contributed by atoms with Crippen molar-refractivity contribution in [1.29, 1.82) is 0 Å². The first-order valence-electron chi connectivity index (χ1n) is 4.01. The second kappa shape index (κ2) is 4.48. The van der Waals surface area contributed by atoms with Crippen molar-refractivity contribution in [3.63, 3.8) is 0 Å². The van der Waals surface area contributed by atoms with Gasteiger partial charge >= 0.3 is 0 Å². The van der Waals surface area contributed by atoms with Gasteiger partial charge in [0.25, 0.3) is 5.69 Å². The minimum absolute atomic E-state index is 0.0127. The second-order valence-electron chi connectivity index (χ2n) is 2.93. The largest absolute Gasteiger partial charge is 0.293 e. The van der Waals surface area contributed by atoms with Crippen molar-refractivity contribution in [1.82, 2.24) is 0 Å². The smallest absolute Gasteiger partial charge is 0.275 e. The van der Waals surface area contributed by atoms with E-state index in [1.165, 1.54) is 13.0 Å². The molecule has 0 amide bonds. The van der Waals surface area contributed by atoms with Crippen LogP contribution in [-0.4, -0.2) is 16.0 Å². The van der Waals surface area contributed by atoms with E-state index in [4.69, 9.17) is 0 Å². The highest BCUT2D eigenvalue weighted by Gasteiger charge is 2.18. The third-order valence-electron chi connectivity index (χ3n) is 1.90. The maximum Gasteiger partial charge on any atom is 0.275 e. The van der Waals surface area contributed by atoms with Crippen molar-refractivity contribution in [3.05, 3.63) is 39.2 Å². The predicted molar refractivity (Wildman–Crippen MR) is 55.9 cm³/mol. The molecule has 0 aliphatic carbocycles. The normalized spacial score (nSPS) is 10.1. The number of ketones is 1. The van der Waals surface area contributed by atoms with E-state index < -0.39 is 16.5 Å². The van der Waals surface area contributed by atoms with Crippen molar-refractivity contribution in [2.24, 2.45) is 0 Å². The molecule has 0 fully saturated rings. The Kier molecular flexibility index (Phi) is 3.52. The average Bonchev–Trinajstić information content (AvgIpc) is 2.19. The van der Waals surface area contributed by atoms with E-state index in [-0.39, 0.29) is 22.1 Å². The average molecular weight is 276 g/mol. The Hall–Kier alpha value is -1.30. The zero-order chi connectivity index (χ0) is 11.6. The number of carbonyl (C=O) groups is 1. The molecule has 0 aliphatic heterocycles. The van der Waals surface area contributed by atoms with Crippen LogP contribution < -0.4 is 0 Å².